The lowest BCUT2D eigenvalue weighted by molar-refractivity contribution is 1.45. The quantitative estimate of drug-likeness (QED) is 0.711. The summed E-state index contributed by atoms with van der Waals surface area (Å²) in [5.41, 5.74) is 3.59. The minimum absolute atomic E-state index is 0.668. The summed E-state index contributed by atoms with van der Waals surface area (Å²) in [6.45, 7) is 1.97. The van der Waals surface area contributed by atoms with E-state index < -0.39 is 0 Å². The molecule has 0 N–H and O–H groups in total. The molecule has 0 aliphatic carbocycles. The standard InChI is InChI=1S/C15H12N2/c1-12(17-15-5-3-2-4-6-15)14-9-7-13(11-16)8-10-14/h2-10H,1H3. The van der Waals surface area contributed by atoms with Crippen molar-refractivity contribution >= 4 is 11.4 Å². The van der Waals surface area contributed by atoms with Gasteiger partial charge in [0.05, 0.1) is 17.3 Å². The lowest BCUT2D eigenvalue weighted by Gasteiger charge is -2.01. The average molecular weight is 220 g/mol. The van der Waals surface area contributed by atoms with E-state index in [1.165, 1.54) is 0 Å². The average Bonchev–Trinajstić information content (AvgIpc) is 2.40. The van der Waals surface area contributed by atoms with E-state index in [1.807, 2.05) is 49.4 Å². The second-order valence-corrected chi connectivity index (χ2v) is 3.72. The highest BCUT2D eigenvalue weighted by Crippen LogP contribution is 2.13. The lowest BCUT2D eigenvalue weighted by Crippen LogP contribution is -1.93. The summed E-state index contributed by atoms with van der Waals surface area (Å²) in [6, 6.07) is 19.4. The van der Waals surface area contributed by atoms with Crippen LogP contribution in [0, 0.1) is 11.3 Å². The predicted molar refractivity (Wildman–Crippen MR) is 69.5 cm³/mol. The monoisotopic (exact) mass is 220 g/mol. The highest BCUT2D eigenvalue weighted by atomic mass is 14.7. The van der Waals surface area contributed by atoms with Gasteiger partial charge < -0.3 is 0 Å². The van der Waals surface area contributed by atoms with Crippen LogP contribution in [0.3, 0.4) is 0 Å². The smallest absolute Gasteiger partial charge is 0.0991 e. The summed E-state index contributed by atoms with van der Waals surface area (Å²) in [7, 11) is 0. The van der Waals surface area contributed by atoms with Gasteiger partial charge in [0, 0.05) is 5.71 Å². The van der Waals surface area contributed by atoms with Crippen LogP contribution in [0.2, 0.25) is 0 Å². The molecular formula is C15H12N2. The Labute approximate surface area is 101 Å². The topological polar surface area (TPSA) is 36.1 Å². The Morgan fingerprint density at radius 1 is 1.00 bits per heavy atom. The Kier molecular flexibility index (Phi) is 3.32. The molecule has 0 atom stereocenters. The van der Waals surface area contributed by atoms with Crippen LogP contribution in [0.4, 0.5) is 5.69 Å². The molecule has 0 aliphatic heterocycles. The summed E-state index contributed by atoms with van der Waals surface area (Å²) < 4.78 is 0. The molecule has 0 amide bonds. The van der Waals surface area contributed by atoms with Gasteiger partial charge in [0.15, 0.2) is 0 Å². The second kappa shape index (κ2) is 5.09. The van der Waals surface area contributed by atoms with Crippen LogP contribution in [0.1, 0.15) is 18.1 Å². The number of nitrogens with zero attached hydrogens (tertiary/aromatic N) is 2. The molecule has 2 rings (SSSR count). The third-order valence-electron chi connectivity index (χ3n) is 2.48. The van der Waals surface area contributed by atoms with Gasteiger partial charge in [-0.3, -0.25) is 4.99 Å². The van der Waals surface area contributed by atoms with E-state index in [4.69, 9.17) is 5.26 Å². The fraction of sp³-hybridized carbons (Fsp3) is 0.0667. The van der Waals surface area contributed by atoms with Gasteiger partial charge in [-0.05, 0) is 36.8 Å². The lowest BCUT2D eigenvalue weighted by atomic mass is 10.1. The van der Waals surface area contributed by atoms with Crippen molar-refractivity contribution in [2.75, 3.05) is 0 Å². The van der Waals surface area contributed by atoms with Crippen molar-refractivity contribution in [1.82, 2.24) is 0 Å². The van der Waals surface area contributed by atoms with Gasteiger partial charge in [-0.15, -0.1) is 0 Å². The van der Waals surface area contributed by atoms with Crippen molar-refractivity contribution in [1.29, 1.82) is 5.26 Å². The molecule has 0 fully saturated rings. The van der Waals surface area contributed by atoms with Crippen LogP contribution >= 0.6 is 0 Å². The summed E-state index contributed by atoms with van der Waals surface area (Å²) in [5, 5.41) is 8.72. The summed E-state index contributed by atoms with van der Waals surface area (Å²) in [5.74, 6) is 0. The van der Waals surface area contributed by atoms with Crippen molar-refractivity contribution in [2.24, 2.45) is 4.99 Å². The molecule has 2 aromatic carbocycles. The zero-order chi connectivity index (χ0) is 12.1. The van der Waals surface area contributed by atoms with Gasteiger partial charge in [0.2, 0.25) is 0 Å². The number of benzene rings is 2. The van der Waals surface area contributed by atoms with Crippen LogP contribution in [0.5, 0.6) is 0 Å². The third-order valence-corrected chi connectivity index (χ3v) is 2.48. The van der Waals surface area contributed by atoms with Gasteiger partial charge in [0.25, 0.3) is 0 Å². The first-order valence-corrected chi connectivity index (χ1v) is 5.40. The van der Waals surface area contributed by atoms with Crippen molar-refractivity contribution in [3.8, 4) is 6.07 Å². The Morgan fingerprint density at radius 3 is 2.24 bits per heavy atom. The first-order chi connectivity index (χ1) is 8.29. The van der Waals surface area contributed by atoms with E-state index in [0.29, 0.717) is 5.56 Å². The van der Waals surface area contributed by atoms with Gasteiger partial charge in [-0.1, -0.05) is 30.3 Å². The number of rotatable bonds is 2. The minimum atomic E-state index is 0.668. The van der Waals surface area contributed by atoms with E-state index in [9.17, 15) is 0 Å². The number of hydrogen-bond donors (Lipinski definition) is 0. The van der Waals surface area contributed by atoms with E-state index in [1.54, 1.807) is 12.1 Å². The van der Waals surface area contributed by atoms with Crippen molar-refractivity contribution in [3.63, 3.8) is 0 Å². The minimum Gasteiger partial charge on any atom is -0.253 e. The van der Waals surface area contributed by atoms with Crippen LogP contribution in [0.15, 0.2) is 59.6 Å². The number of aliphatic imine (C=N–C) groups is 1. The number of hydrogen-bond acceptors (Lipinski definition) is 2. The van der Waals surface area contributed by atoms with Crippen LogP contribution < -0.4 is 0 Å². The number of para-hydroxylation sites is 1. The van der Waals surface area contributed by atoms with E-state index in [2.05, 4.69) is 11.1 Å². The third kappa shape index (κ3) is 2.79. The van der Waals surface area contributed by atoms with Gasteiger partial charge in [-0.2, -0.15) is 5.26 Å². The van der Waals surface area contributed by atoms with Crippen molar-refractivity contribution in [2.45, 2.75) is 6.92 Å². The zero-order valence-corrected chi connectivity index (χ0v) is 9.59. The van der Waals surface area contributed by atoms with Gasteiger partial charge >= 0.3 is 0 Å². The molecule has 17 heavy (non-hydrogen) atoms. The molecule has 0 spiro atoms. The maximum atomic E-state index is 8.72. The molecule has 2 heteroatoms. The number of nitriles is 1. The maximum Gasteiger partial charge on any atom is 0.0991 e. The molecule has 0 unspecified atom stereocenters. The van der Waals surface area contributed by atoms with Crippen LogP contribution in [-0.4, -0.2) is 5.71 Å². The Bertz CT molecular complexity index is 560. The van der Waals surface area contributed by atoms with E-state index in [0.717, 1.165) is 17.0 Å². The normalized spacial score (nSPS) is 10.9. The van der Waals surface area contributed by atoms with Crippen LogP contribution in [-0.2, 0) is 0 Å². The fourth-order valence-corrected chi connectivity index (χ4v) is 1.55. The molecule has 0 saturated carbocycles. The van der Waals surface area contributed by atoms with Crippen molar-refractivity contribution < 1.29 is 0 Å². The summed E-state index contributed by atoms with van der Waals surface area (Å²) >= 11 is 0. The molecule has 0 aromatic heterocycles. The Morgan fingerprint density at radius 2 is 1.65 bits per heavy atom. The van der Waals surface area contributed by atoms with E-state index >= 15 is 0 Å². The summed E-state index contributed by atoms with van der Waals surface area (Å²) in [4.78, 5) is 4.52. The fourth-order valence-electron chi connectivity index (χ4n) is 1.55. The second-order valence-electron chi connectivity index (χ2n) is 3.72. The molecule has 2 aromatic rings. The zero-order valence-electron chi connectivity index (χ0n) is 9.59. The molecule has 82 valence electrons. The highest BCUT2D eigenvalue weighted by molar-refractivity contribution is 6.00. The molecule has 2 nitrogen and oxygen atoms in total. The maximum absolute atomic E-state index is 8.72. The molecule has 0 aliphatic rings. The van der Waals surface area contributed by atoms with Gasteiger partial charge in [-0.25, -0.2) is 0 Å². The SMILES string of the molecule is CC(=Nc1ccccc1)c1ccc(C#N)cc1. The highest BCUT2D eigenvalue weighted by Gasteiger charge is 1.98. The predicted octanol–water partition coefficient (Wildman–Crippen LogP) is 3.70. The van der Waals surface area contributed by atoms with Crippen LogP contribution in [0.25, 0.3) is 0 Å². The largest absolute Gasteiger partial charge is 0.253 e. The van der Waals surface area contributed by atoms with Crippen molar-refractivity contribution in [3.05, 3.63) is 65.7 Å². The molecular weight excluding hydrogens is 208 g/mol. The summed E-state index contributed by atoms with van der Waals surface area (Å²) in [6.07, 6.45) is 0. The molecule has 0 radical (unpaired) electrons. The Hall–Kier alpha value is -2.40. The molecule has 0 heterocycles. The molecule has 0 bridgehead atoms. The Balaban J connectivity index is 2.28. The first kappa shape index (κ1) is 11.1. The molecule has 0 saturated heterocycles. The van der Waals surface area contributed by atoms with E-state index in [-0.39, 0.29) is 0 Å². The van der Waals surface area contributed by atoms with Gasteiger partial charge in [0.1, 0.15) is 0 Å². The first-order valence-electron chi connectivity index (χ1n) is 5.40.